The van der Waals surface area contributed by atoms with Crippen LogP contribution in [0.15, 0.2) is 12.3 Å². The van der Waals surface area contributed by atoms with Crippen molar-refractivity contribution in [2.45, 2.75) is 26.2 Å². The van der Waals surface area contributed by atoms with Gasteiger partial charge in [-0.15, -0.1) is 0 Å². The molecule has 1 aromatic rings. The van der Waals surface area contributed by atoms with Crippen LogP contribution in [0.25, 0.3) is 0 Å². The highest BCUT2D eigenvalue weighted by molar-refractivity contribution is 5.40. The number of nitrogen functional groups attached to an aromatic ring is 1. The summed E-state index contributed by atoms with van der Waals surface area (Å²) in [4.78, 5) is 4.34. The predicted molar refractivity (Wildman–Crippen MR) is 49.8 cm³/mol. The van der Waals surface area contributed by atoms with Gasteiger partial charge in [-0.3, -0.25) is 4.98 Å². The van der Waals surface area contributed by atoms with E-state index in [0.717, 1.165) is 24.4 Å². The van der Waals surface area contributed by atoms with Crippen LogP contribution >= 0.6 is 0 Å². The van der Waals surface area contributed by atoms with Crippen molar-refractivity contribution >= 4 is 5.69 Å². The lowest BCUT2D eigenvalue weighted by Gasteiger charge is -2.20. The van der Waals surface area contributed by atoms with Crippen LogP contribution in [0.4, 0.5) is 5.69 Å². The number of pyridine rings is 1. The zero-order valence-corrected chi connectivity index (χ0v) is 7.38. The van der Waals surface area contributed by atoms with Crippen LogP contribution in [0.1, 0.15) is 24.6 Å². The number of aryl methyl sites for hydroxylation is 1. The molecule has 0 radical (unpaired) electrons. The molecule has 2 heteroatoms. The summed E-state index contributed by atoms with van der Waals surface area (Å²) in [6.45, 7) is 2.28. The minimum atomic E-state index is 0.786. The monoisotopic (exact) mass is 162 g/mol. The zero-order chi connectivity index (χ0) is 8.55. The standard InChI is InChI=1S/C10H14N2/c1-7-2-3-8-5-9(11)6-12-10(8)4-7/h5-7H,2-4,11H2,1H3/t7-/m1/s1. The van der Waals surface area contributed by atoms with E-state index in [2.05, 4.69) is 18.0 Å². The van der Waals surface area contributed by atoms with Gasteiger partial charge in [0.05, 0.1) is 11.9 Å². The summed E-state index contributed by atoms with van der Waals surface area (Å²) in [5.41, 5.74) is 9.06. The number of hydrogen-bond donors (Lipinski definition) is 1. The average Bonchev–Trinajstić information content (AvgIpc) is 2.05. The molecule has 1 heterocycles. The predicted octanol–water partition coefficient (Wildman–Crippen LogP) is 1.79. The fourth-order valence-electron chi connectivity index (χ4n) is 1.79. The number of nitrogens with two attached hydrogens (primary N) is 1. The SMILES string of the molecule is C[C@@H]1CCc2cc(N)cnc2C1. The van der Waals surface area contributed by atoms with E-state index in [-0.39, 0.29) is 0 Å². The summed E-state index contributed by atoms with van der Waals surface area (Å²) < 4.78 is 0. The Labute approximate surface area is 72.8 Å². The van der Waals surface area contributed by atoms with Crippen molar-refractivity contribution in [1.29, 1.82) is 0 Å². The summed E-state index contributed by atoms with van der Waals surface area (Å²) in [5, 5.41) is 0. The molecule has 0 aromatic carbocycles. The molecule has 2 nitrogen and oxygen atoms in total. The fraction of sp³-hybridized carbons (Fsp3) is 0.500. The van der Waals surface area contributed by atoms with Gasteiger partial charge in [-0.2, -0.15) is 0 Å². The summed E-state index contributed by atoms with van der Waals surface area (Å²) in [6, 6.07) is 2.06. The van der Waals surface area contributed by atoms with Crippen molar-refractivity contribution in [2.24, 2.45) is 5.92 Å². The van der Waals surface area contributed by atoms with Crippen LogP contribution < -0.4 is 5.73 Å². The first kappa shape index (κ1) is 7.59. The fourth-order valence-corrected chi connectivity index (χ4v) is 1.79. The smallest absolute Gasteiger partial charge is 0.0503 e. The highest BCUT2D eigenvalue weighted by Crippen LogP contribution is 2.24. The van der Waals surface area contributed by atoms with E-state index >= 15 is 0 Å². The molecule has 1 aromatic heterocycles. The first-order valence-corrected chi connectivity index (χ1v) is 4.49. The van der Waals surface area contributed by atoms with E-state index in [1.807, 2.05) is 0 Å². The van der Waals surface area contributed by atoms with Crippen molar-refractivity contribution in [2.75, 3.05) is 5.73 Å². The second-order valence-corrected chi connectivity index (χ2v) is 3.72. The van der Waals surface area contributed by atoms with Gasteiger partial charge in [-0.1, -0.05) is 6.92 Å². The molecule has 2 rings (SSSR count). The Bertz CT molecular complexity index is 294. The number of aromatic nitrogens is 1. The van der Waals surface area contributed by atoms with Crippen LogP contribution in [-0.4, -0.2) is 4.98 Å². The molecule has 1 aliphatic rings. The number of rotatable bonds is 0. The topological polar surface area (TPSA) is 38.9 Å². The largest absolute Gasteiger partial charge is 0.397 e. The number of anilines is 1. The molecule has 1 aliphatic carbocycles. The third kappa shape index (κ3) is 1.29. The lowest BCUT2D eigenvalue weighted by molar-refractivity contribution is 0.492. The third-order valence-corrected chi connectivity index (χ3v) is 2.53. The van der Waals surface area contributed by atoms with Crippen LogP contribution in [-0.2, 0) is 12.8 Å². The highest BCUT2D eigenvalue weighted by atomic mass is 14.7. The number of nitrogens with zero attached hydrogens (tertiary/aromatic N) is 1. The van der Waals surface area contributed by atoms with E-state index in [0.29, 0.717) is 0 Å². The van der Waals surface area contributed by atoms with E-state index in [1.54, 1.807) is 6.20 Å². The summed E-state index contributed by atoms with van der Waals surface area (Å²) in [6.07, 6.45) is 5.30. The molecule has 2 N–H and O–H groups in total. The summed E-state index contributed by atoms with van der Waals surface area (Å²) in [5.74, 6) is 0.786. The first-order valence-electron chi connectivity index (χ1n) is 4.49. The summed E-state index contributed by atoms with van der Waals surface area (Å²) in [7, 11) is 0. The maximum Gasteiger partial charge on any atom is 0.0503 e. The average molecular weight is 162 g/mol. The molecule has 0 unspecified atom stereocenters. The minimum Gasteiger partial charge on any atom is -0.397 e. The Kier molecular flexibility index (Phi) is 1.75. The molecule has 0 amide bonds. The quantitative estimate of drug-likeness (QED) is 0.631. The Morgan fingerprint density at radius 1 is 1.58 bits per heavy atom. The summed E-state index contributed by atoms with van der Waals surface area (Å²) >= 11 is 0. The molecule has 1 atom stereocenters. The van der Waals surface area contributed by atoms with Gasteiger partial charge in [-0.05, 0) is 36.8 Å². The molecule has 0 fully saturated rings. The first-order chi connectivity index (χ1) is 5.75. The van der Waals surface area contributed by atoms with Crippen LogP contribution in [0.3, 0.4) is 0 Å². The maximum atomic E-state index is 5.65. The van der Waals surface area contributed by atoms with Crippen molar-refractivity contribution in [3.05, 3.63) is 23.5 Å². The highest BCUT2D eigenvalue weighted by Gasteiger charge is 2.15. The van der Waals surface area contributed by atoms with Crippen LogP contribution in [0, 0.1) is 5.92 Å². The van der Waals surface area contributed by atoms with Crippen molar-refractivity contribution in [3.8, 4) is 0 Å². The maximum absolute atomic E-state index is 5.65. The lowest BCUT2D eigenvalue weighted by Crippen LogP contribution is -2.13. The second-order valence-electron chi connectivity index (χ2n) is 3.72. The lowest BCUT2D eigenvalue weighted by atomic mass is 9.88. The van der Waals surface area contributed by atoms with Gasteiger partial charge in [0, 0.05) is 5.69 Å². The molecule has 0 saturated heterocycles. The van der Waals surface area contributed by atoms with Gasteiger partial charge in [0.25, 0.3) is 0 Å². The van der Waals surface area contributed by atoms with Crippen molar-refractivity contribution in [1.82, 2.24) is 4.98 Å². The van der Waals surface area contributed by atoms with Crippen LogP contribution in [0.2, 0.25) is 0 Å². The molecule has 0 aliphatic heterocycles. The van der Waals surface area contributed by atoms with Crippen molar-refractivity contribution < 1.29 is 0 Å². The Hall–Kier alpha value is -1.05. The van der Waals surface area contributed by atoms with Gasteiger partial charge in [0.2, 0.25) is 0 Å². The second kappa shape index (κ2) is 2.77. The van der Waals surface area contributed by atoms with E-state index in [4.69, 9.17) is 5.73 Å². The van der Waals surface area contributed by atoms with Gasteiger partial charge < -0.3 is 5.73 Å². The molecule has 12 heavy (non-hydrogen) atoms. The third-order valence-electron chi connectivity index (χ3n) is 2.53. The molecular weight excluding hydrogens is 148 g/mol. The van der Waals surface area contributed by atoms with Crippen LogP contribution in [0.5, 0.6) is 0 Å². The molecule has 0 bridgehead atoms. The van der Waals surface area contributed by atoms with Gasteiger partial charge in [0.1, 0.15) is 0 Å². The zero-order valence-electron chi connectivity index (χ0n) is 7.38. The van der Waals surface area contributed by atoms with Gasteiger partial charge in [0.15, 0.2) is 0 Å². The number of hydrogen-bond acceptors (Lipinski definition) is 2. The molecule has 0 spiro atoms. The number of fused-ring (bicyclic) bond motifs is 1. The Balaban J connectivity index is 2.37. The Morgan fingerprint density at radius 3 is 3.25 bits per heavy atom. The van der Waals surface area contributed by atoms with E-state index < -0.39 is 0 Å². The molecule has 0 saturated carbocycles. The Morgan fingerprint density at radius 2 is 2.42 bits per heavy atom. The molecule has 64 valence electrons. The normalized spacial score (nSPS) is 21.9. The van der Waals surface area contributed by atoms with E-state index in [9.17, 15) is 0 Å². The minimum absolute atomic E-state index is 0.786. The van der Waals surface area contributed by atoms with E-state index in [1.165, 1.54) is 17.7 Å². The van der Waals surface area contributed by atoms with Crippen molar-refractivity contribution in [3.63, 3.8) is 0 Å². The molecular formula is C10H14N2. The van der Waals surface area contributed by atoms with Gasteiger partial charge in [-0.25, -0.2) is 0 Å². The van der Waals surface area contributed by atoms with Gasteiger partial charge >= 0.3 is 0 Å².